The molecule has 0 saturated heterocycles. The van der Waals surface area contributed by atoms with Crippen LogP contribution in [0.4, 0.5) is 36.4 Å². The number of halogens is 7. The molecule has 7 rings (SSSR count). The number of amides is 1. The number of aliphatic hydroxyl groups excluding tert-OH is 1. The van der Waals surface area contributed by atoms with Crippen LogP contribution in [0, 0.1) is 11.3 Å². The monoisotopic (exact) mass is 683 g/mol. The van der Waals surface area contributed by atoms with E-state index in [1.54, 1.807) is 41.3 Å². The Labute approximate surface area is 272 Å². The number of hydrogen-bond donors (Lipinski definition) is 2. The van der Waals surface area contributed by atoms with Crippen LogP contribution in [-0.4, -0.2) is 51.0 Å². The minimum absolute atomic E-state index is 0.0475. The predicted molar refractivity (Wildman–Crippen MR) is 159 cm³/mol. The van der Waals surface area contributed by atoms with Gasteiger partial charge in [0, 0.05) is 31.0 Å². The Morgan fingerprint density at radius 1 is 0.979 bits per heavy atom. The number of fused-ring (bicyclic) bond motifs is 3. The van der Waals surface area contributed by atoms with Gasteiger partial charge in [-0.05, 0) is 91.5 Å². The molecule has 1 unspecified atom stereocenters. The third kappa shape index (κ3) is 6.45. The first kappa shape index (κ1) is 34.3. The van der Waals surface area contributed by atoms with Crippen molar-refractivity contribution in [2.45, 2.75) is 100 Å². The van der Waals surface area contributed by atoms with E-state index in [1.807, 2.05) is 0 Å². The SMILES string of the molecule is CC(F)(F)c1nc(C23CCC(CN(C(=O)CC4CC(O)(C(F)(F)F)C4)c4cccc(-c5ccc(C(O)C(F)F)cc5)c4)(CC2)CC3)no1. The van der Waals surface area contributed by atoms with Crippen LogP contribution in [-0.2, 0) is 16.1 Å². The van der Waals surface area contributed by atoms with Gasteiger partial charge in [0.25, 0.3) is 12.3 Å². The van der Waals surface area contributed by atoms with Crippen LogP contribution in [0.15, 0.2) is 53.1 Å². The molecule has 1 heterocycles. The maximum atomic E-state index is 13.9. The summed E-state index contributed by atoms with van der Waals surface area (Å²) in [6, 6.07) is 12.9. The standard InChI is InChI=1S/C34H36F7N3O4/c1-30(37,38)29-42-28(43-48-29)32-12-9-31(10-13-32,11-14-32)19-44(25(45)15-20-17-33(47,18-20)34(39,40)41)24-4-2-3-23(16-24)21-5-7-22(8-6-21)26(46)27(35)36/h2-8,16,20,26-27,46-47H,9-15,17-19H2,1H3. The first-order chi connectivity index (χ1) is 22.4. The van der Waals surface area contributed by atoms with Crippen LogP contribution in [0.5, 0.6) is 0 Å². The molecule has 2 N–H and O–H groups in total. The van der Waals surface area contributed by atoms with Crippen molar-refractivity contribution in [1.29, 1.82) is 0 Å². The zero-order chi connectivity index (χ0) is 34.7. The van der Waals surface area contributed by atoms with Crippen LogP contribution in [0.25, 0.3) is 11.1 Å². The minimum atomic E-state index is -4.79. The Hall–Kier alpha value is -3.52. The number of hydrogen-bond acceptors (Lipinski definition) is 6. The fraction of sp³-hybridized carbons (Fsp3) is 0.559. The second kappa shape index (κ2) is 12.1. The lowest BCUT2D eigenvalue weighted by molar-refractivity contribution is -0.298. The normalized spacial score (nSPS) is 27.9. The molecule has 1 amide bonds. The highest BCUT2D eigenvalue weighted by Gasteiger charge is 2.61. The van der Waals surface area contributed by atoms with E-state index in [0.717, 1.165) is 0 Å². The highest BCUT2D eigenvalue weighted by Crippen LogP contribution is 2.58. The first-order valence-electron chi connectivity index (χ1n) is 15.9. The van der Waals surface area contributed by atoms with Crippen molar-refractivity contribution in [1.82, 2.24) is 10.1 Å². The van der Waals surface area contributed by atoms with Crippen molar-refractivity contribution < 1.29 is 50.3 Å². The molecule has 1 atom stereocenters. The summed E-state index contributed by atoms with van der Waals surface area (Å²) >= 11 is 0. The lowest BCUT2D eigenvalue weighted by Gasteiger charge is -2.53. The van der Waals surface area contributed by atoms with Crippen LogP contribution in [0.2, 0.25) is 0 Å². The Bertz CT molecular complexity index is 1610. The number of nitrogens with zero attached hydrogens (tertiary/aromatic N) is 3. The van der Waals surface area contributed by atoms with E-state index in [0.29, 0.717) is 62.3 Å². The molecular formula is C34H36F7N3O4. The number of benzene rings is 2. The van der Waals surface area contributed by atoms with Gasteiger partial charge in [-0.15, -0.1) is 0 Å². The van der Waals surface area contributed by atoms with Crippen LogP contribution >= 0.6 is 0 Å². The highest BCUT2D eigenvalue weighted by molar-refractivity contribution is 5.94. The molecule has 0 spiro atoms. The van der Waals surface area contributed by atoms with Crippen molar-refractivity contribution in [3.8, 4) is 11.1 Å². The molecule has 0 radical (unpaired) electrons. The molecule has 4 saturated carbocycles. The van der Waals surface area contributed by atoms with E-state index in [2.05, 4.69) is 10.1 Å². The largest absolute Gasteiger partial charge is 0.417 e. The summed E-state index contributed by atoms with van der Waals surface area (Å²) in [4.78, 5) is 19.5. The van der Waals surface area contributed by atoms with Gasteiger partial charge in [0.2, 0.25) is 5.91 Å². The molecule has 1 aromatic heterocycles. The Morgan fingerprint density at radius 3 is 2.15 bits per heavy atom. The van der Waals surface area contributed by atoms with Gasteiger partial charge in [-0.25, -0.2) is 8.78 Å². The molecule has 2 bridgehead atoms. The van der Waals surface area contributed by atoms with Crippen LogP contribution in [0.1, 0.15) is 88.1 Å². The van der Waals surface area contributed by atoms with Gasteiger partial charge in [-0.1, -0.05) is 41.6 Å². The second-order valence-corrected chi connectivity index (χ2v) is 14.0. The molecule has 48 heavy (non-hydrogen) atoms. The van der Waals surface area contributed by atoms with Crippen LogP contribution in [0.3, 0.4) is 0 Å². The number of rotatable bonds is 10. The molecule has 3 aromatic rings. The average Bonchev–Trinajstić information content (AvgIpc) is 3.55. The number of anilines is 1. The maximum absolute atomic E-state index is 13.9. The summed E-state index contributed by atoms with van der Waals surface area (Å²) in [5.41, 5.74) is -1.84. The summed E-state index contributed by atoms with van der Waals surface area (Å²) in [5, 5.41) is 23.6. The van der Waals surface area contributed by atoms with E-state index in [-0.39, 0.29) is 35.7 Å². The van der Waals surface area contributed by atoms with Gasteiger partial charge in [0.1, 0.15) is 6.10 Å². The first-order valence-corrected chi connectivity index (χ1v) is 15.9. The molecule has 4 aliphatic carbocycles. The van der Waals surface area contributed by atoms with Crippen molar-refractivity contribution in [3.05, 3.63) is 65.8 Å². The zero-order valence-electron chi connectivity index (χ0n) is 26.1. The van der Waals surface area contributed by atoms with Gasteiger partial charge in [-0.3, -0.25) is 4.79 Å². The van der Waals surface area contributed by atoms with Crippen LogP contribution < -0.4 is 4.90 Å². The predicted octanol–water partition coefficient (Wildman–Crippen LogP) is 7.87. The summed E-state index contributed by atoms with van der Waals surface area (Å²) in [7, 11) is 0. The number of aliphatic hydroxyl groups is 2. The molecular weight excluding hydrogens is 647 g/mol. The third-order valence-corrected chi connectivity index (χ3v) is 10.7. The smallest absolute Gasteiger partial charge is 0.382 e. The van der Waals surface area contributed by atoms with Crippen molar-refractivity contribution >= 4 is 11.6 Å². The number of alkyl halides is 7. The quantitative estimate of drug-likeness (QED) is 0.211. The fourth-order valence-corrected chi connectivity index (χ4v) is 7.61. The summed E-state index contributed by atoms with van der Waals surface area (Å²) < 4.78 is 98.4. The average molecular weight is 684 g/mol. The molecule has 7 nitrogen and oxygen atoms in total. The molecule has 4 aliphatic rings. The van der Waals surface area contributed by atoms with Crippen molar-refractivity contribution in [2.24, 2.45) is 11.3 Å². The molecule has 0 aliphatic heterocycles. The van der Waals surface area contributed by atoms with Gasteiger partial charge in [0.15, 0.2) is 11.4 Å². The third-order valence-electron chi connectivity index (χ3n) is 10.7. The Balaban J connectivity index is 1.24. The zero-order valence-corrected chi connectivity index (χ0v) is 26.1. The summed E-state index contributed by atoms with van der Waals surface area (Å²) in [5.74, 6) is -4.80. The van der Waals surface area contributed by atoms with Gasteiger partial charge in [-0.2, -0.15) is 26.9 Å². The van der Waals surface area contributed by atoms with Crippen molar-refractivity contribution in [2.75, 3.05) is 11.4 Å². The van der Waals surface area contributed by atoms with E-state index < -0.39 is 60.3 Å². The van der Waals surface area contributed by atoms with E-state index >= 15 is 0 Å². The molecule has 2 aromatic carbocycles. The van der Waals surface area contributed by atoms with E-state index in [1.165, 1.54) is 12.1 Å². The molecule has 260 valence electrons. The Morgan fingerprint density at radius 2 is 1.60 bits per heavy atom. The Kier molecular flexibility index (Phi) is 8.67. The van der Waals surface area contributed by atoms with Crippen molar-refractivity contribution in [3.63, 3.8) is 0 Å². The fourth-order valence-electron chi connectivity index (χ4n) is 7.61. The lowest BCUT2D eigenvalue weighted by Crippen LogP contribution is -2.56. The van der Waals surface area contributed by atoms with Gasteiger partial charge in [0.05, 0.1) is 0 Å². The topological polar surface area (TPSA) is 99.7 Å². The van der Waals surface area contributed by atoms with E-state index in [9.17, 15) is 45.7 Å². The maximum Gasteiger partial charge on any atom is 0.417 e. The van der Waals surface area contributed by atoms with Gasteiger partial charge < -0.3 is 19.6 Å². The number of aromatic nitrogens is 2. The number of carbonyl (C=O) groups is 1. The summed E-state index contributed by atoms with van der Waals surface area (Å²) in [6.45, 7) is 0.959. The second-order valence-electron chi connectivity index (χ2n) is 14.0. The molecule has 4 fully saturated rings. The lowest BCUT2D eigenvalue weighted by atomic mass is 9.53. The molecule has 14 heteroatoms. The van der Waals surface area contributed by atoms with Gasteiger partial charge >= 0.3 is 12.1 Å². The highest BCUT2D eigenvalue weighted by atomic mass is 19.4. The van der Waals surface area contributed by atoms with E-state index in [4.69, 9.17) is 4.52 Å². The minimum Gasteiger partial charge on any atom is -0.382 e. The summed E-state index contributed by atoms with van der Waals surface area (Å²) in [6.07, 6.45) is -7.34. The number of carbonyl (C=O) groups excluding carboxylic acids is 1.